The number of halogens is 2. The highest BCUT2D eigenvalue weighted by Crippen LogP contribution is 2.25. The number of aryl methyl sites for hydroxylation is 2. The van der Waals surface area contributed by atoms with E-state index < -0.39 is 6.04 Å². The smallest absolute Gasteiger partial charge is 0.243 e. The highest BCUT2D eigenvalue weighted by molar-refractivity contribution is 6.35. The van der Waals surface area contributed by atoms with E-state index in [0.717, 1.165) is 22.3 Å². The van der Waals surface area contributed by atoms with E-state index in [4.69, 9.17) is 23.2 Å². The normalized spacial score (nSPS) is 11.7. The molecule has 0 heterocycles. The van der Waals surface area contributed by atoms with Gasteiger partial charge in [0.1, 0.15) is 6.04 Å². The minimum Gasteiger partial charge on any atom is -0.355 e. The number of nitrogens with one attached hydrogen (secondary N) is 1. The van der Waals surface area contributed by atoms with Gasteiger partial charge in [0.25, 0.3) is 0 Å². The Bertz CT molecular complexity index is 1150. The fourth-order valence-electron chi connectivity index (χ4n) is 3.87. The molecule has 0 saturated heterocycles. The molecule has 0 bridgehead atoms. The molecule has 3 aromatic rings. The molecule has 0 saturated carbocycles. The van der Waals surface area contributed by atoms with Crippen LogP contribution in [0.4, 0.5) is 0 Å². The lowest BCUT2D eigenvalue weighted by molar-refractivity contribution is -0.140. The second-order valence-corrected chi connectivity index (χ2v) is 9.30. The topological polar surface area (TPSA) is 49.4 Å². The summed E-state index contributed by atoms with van der Waals surface area (Å²) in [6.45, 7) is 6.62. The second kappa shape index (κ2) is 12.0. The van der Waals surface area contributed by atoms with E-state index in [1.807, 2.05) is 69.3 Å². The molecule has 178 valence electrons. The number of benzene rings is 3. The largest absolute Gasteiger partial charge is 0.355 e. The molecule has 34 heavy (non-hydrogen) atoms. The SMILES string of the molecule is CCNC(=O)[C@H](Cc1ccccc1)N(Cc1ccc(Cl)cc1Cl)C(=O)Cc1ccc(C)c(C)c1. The average molecular weight is 497 g/mol. The first-order valence-corrected chi connectivity index (χ1v) is 12.1. The summed E-state index contributed by atoms with van der Waals surface area (Å²) in [4.78, 5) is 28.6. The molecular formula is C28H30Cl2N2O2. The third-order valence-electron chi connectivity index (χ3n) is 5.90. The molecular weight excluding hydrogens is 467 g/mol. The van der Waals surface area contributed by atoms with Crippen LogP contribution in [0.5, 0.6) is 0 Å². The van der Waals surface area contributed by atoms with Gasteiger partial charge >= 0.3 is 0 Å². The molecule has 0 aromatic heterocycles. The number of amides is 2. The zero-order valence-corrected chi connectivity index (χ0v) is 21.3. The number of hydrogen-bond acceptors (Lipinski definition) is 2. The van der Waals surface area contributed by atoms with Crippen LogP contribution < -0.4 is 5.32 Å². The minimum atomic E-state index is -0.687. The Kier molecular flexibility index (Phi) is 9.14. The molecule has 0 aliphatic heterocycles. The Morgan fingerprint density at radius 1 is 0.912 bits per heavy atom. The molecule has 0 unspecified atom stereocenters. The van der Waals surface area contributed by atoms with Crippen molar-refractivity contribution in [2.45, 2.75) is 46.2 Å². The third kappa shape index (κ3) is 6.85. The van der Waals surface area contributed by atoms with E-state index in [-0.39, 0.29) is 24.8 Å². The zero-order chi connectivity index (χ0) is 24.7. The molecule has 0 spiro atoms. The van der Waals surface area contributed by atoms with Crippen molar-refractivity contribution in [1.82, 2.24) is 10.2 Å². The van der Waals surface area contributed by atoms with Gasteiger partial charge in [0.2, 0.25) is 11.8 Å². The van der Waals surface area contributed by atoms with Crippen LogP contribution in [0.1, 0.15) is 34.7 Å². The van der Waals surface area contributed by atoms with E-state index in [1.165, 1.54) is 5.56 Å². The summed E-state index contributed by atoms with van der Waals surface area (Å²) >= 11 is 12.5. The highest BCUT2D eigenvalue weighted by atomic mass is 35.5. The summed E-state index contributed by atoms with van der Waals surface area (Å²) in [5.74, 6) is -0.327. The van der Waals surface area contributed by atoms with Crippen molar-refractivity contribution in [3.8, 4) is 0 Å². The van der Waals surface area contributed by atoms with Crippen LogP contribution in [0.3, 0.4) is 0 Å². The van der Waals surface area contributed by atoms with Crippen LogP contribution >= 0.6 is 23.2 Å². The van der Waals surface area contributed by atoms with E-state index >= 15 is 0 Å². The van der Waals surface area contributed by atoms with Crippen molar-refractivity contribution in [2.75, 3.05) is 6.54 Å². The fraction of sp³-hybridized carbons (Fsp3) is 0.286. The van der Waals surface area contributed by atoms with E-state index in [1.54, 1.807) is 23.1 Å². The molecule has 0 aliphatic carbocycles. The number of likely N-dealkylation sites (N-methyl/N-ethyl adjacent to an activating group) is 1. The lowest BCUT2D eigenvalue weighted by Gasteiger charge is -2.32. The predicted molar refractivity (Wildman–Crippen MR) is 139 cm³/mol. The molecule has 3 rings (SSSR count). The van der Waals surface area contributed by atoms with Gasteiger partial charge in [-0.15, -0.1) is 0 Å². The second-order valence-electron chi connectivity index (χ2n) is 8.45. The number of hydrogen-bond donors (Lipinski definition) is 1. The Balaban J connectivity index is 1.99. The van der Waals surface area contributed by atoms with Gasteiger partial charge in [0.05, 0.1) is 6.42 Å². The maximum absolute atomic E-state index is 13.7. The van der Waals surface area contributed by atoms with Gasteiger partial charge in [0, 0.05) is 29.6 Å². The average Bonchev–Trinajstić information content (AvgIpc) is 2.80. The standard InChI is InChI=1S/C28H30Cl2N2O2/c1-4-31-28(34)26(15-21-8-6-5-7-9-21)32(18-23-12-13-24(29)17-25(23)30)27(33)16-22-11-10-19(2)20(3)14-22/h5-14,17,26H,4,15-16,18H2,1-3H3,(H,31,34)/t26-/m0/s1. The molecule has 6 heteroatoms. The first kappa shape index (κ1) is 25.8. The Labute approximate surface area is 211 Å². The Hall–Kier alpha value is -2.82. The summed E-state index contributed by atoms with van der Waals surface area (Å²) in [5, 5.41) is 3.89. The molecule has 0 radical (unpaired) electrons. The van der Waals surface area contributed by atoms with E-state index in [2.05, 4.69) is 5.32 Å². The van der Waals surface area contributed by atoms with Gasteiger partial charge in [-0.1, -0.05) is 77.8 Å². The van der Waals surface area contributed by atoms with Gasteiger partial charge in [-0.05, 0) is 60.7 Å². The van der Waals surface area contributed by atoms with Gasteiger partial charge < -0.3 is 10.2 Å². The maximum Gasteiger partial charge on any atom is 0.243 e. The number of carbonyl (C=O) groups excluding carboxylic acids is 2. The number of carbonyl (C=O) groups is 2. The number of nitrogens with zero attached hydrogens (tertiary/aromatic N) is 1. The van der Waals surface area contributed by atoms with Gasteiger partial charge in [-0.2, -0.15) is 0 Å². The van der Waals surface area contributed by atoms with Crippen molar-refractivity contribution in [3.63, 3.8) is 0 Å². The summed E-state index contributed by atoms with van der Waals surface area (Å²) < 4.78 is 0. The zero-order valence-electron chi connectivity index (χ0n) is 19.8. The summed E-state index contributed by atoms with van der Waals surface area (Å²) in [5.41, 5.74) is 4.92. The van der Waals surface area contributed by atoms with Crippen LogP contribution in [0, 0.1) is 13.8 Å². The van der Waals surface area contributed by atoms with Crippen LogP contribution in [0.15, 0.2) is 66.7 Å². The molecule has 1 N–H and O–H groups in total. The predicted octanol–water partition coefficient (Wildman–Crippen LogP) is 5.93. The van der Waals surface area contributed by atoms with Crippen LogP contribution in [-0.4, -0.2) is 29.3 Å². The quantitative estimate of drug-likeness (QED) is 0.399. The lowest BCUT2D eigenvalue weighted by atomic mass is 10.00. The molecule has 2 amide bonds. The van der Waals surface area contributed by atoms with Gasteiger partial charge in [0.15, 0.2) is 0 Å². The summed E-state index contributed by atoms with van der Waals surface area (Å²) in [7, 11) is 0. The Morgan fingerprint density at radius 2 is 1.65 bits per heavy atom. The first-order valence-electron chi connectivity index (χ1n) is 11.4. The molecule has 0 fully saturated rings. The number of rotatable bonds is 9. The maximum atomic E-state index is 13.7. The van der Waals surface area contributed by atoms with Gasteiger partial charge in [-0.3, -0.25) is 9.59 Å². The molecule has 3 aromatic carbocycles. The van der Waals surface area contributed by atoms with E-state index in [0.29, 0.717) is 23.0 Å². The molecule has 0 aliphatic rings. The van der Waals surface area contributed by atoms with E-state index in [9.17, 15) is 9.59 Å². The van der Waals surface area contributed by atoms with Crippen molar-refractivity contribution < 1.29 is 9.59 Å². The Morgan fingerprint density at radius 3 is 2.29 bits per heavy atom. The fourth-order valence-corrected chi connectivity index (χ4v) is 4.34. The van der Waals surface area contributed by atoms with Crippen LogP contribution in [-0.2, 0) is 29.0 Å². The van der Waals surface area contributed by atoms with Crippen molar-refractivity contribution in [3.05, 3.63) is 105 Å². The van der Waals surface area contributed by atoms with Crippen molar-refractivity contribution in [1.29, 1.82) is 0 Å². The molecule has 1 atom stereocenters. The summed E-state index contributed by atoms with van der Waals surface area (Å²) in [6.07, 6.45) is 0.591. The third-order valence-corrected chi connectivity index (χ3v) is 6.49. The van der Waals surface area contributed by atoms with Crippen LogP contribution in [0.2, 0.25) is 10.0 Å². The van der Waals surface area contributed by atoms with Crippen molar-refractivity contribution >= 4 is 35.0 Å². The molecule has 4 nitrogen and oxygen atoms in total. The lowest BCUT2D eigenvalue weighted by Crippen LogP contribution is -2.51. The minimum absolute atomic E-state index is 0.138. The monoisotopic (exact) mass is 496 g/mol. The first-order chi connectivity index (χ1) is 16.3. The van der Waals surface area contributed by atoms with Crippen molar-refractivity contribution in [2.24, 2.45) is 0 Å². The van der Waals surface area contributed by atoms with Crippen LogP contribution in [0.25, 0.3) is 0 Å². The summed E-state index contributed by atoms with van der Waals surface area (Å²) in [6, 6.07) is 20.3. The van der Waals surface area contributed by atoms with Gasteiger partial charge in [-0.25, -0.2) is 0 Å². The highest BCUT2D eigenvalue weighted by Gasteiger charge is 2.30.